The molecule has 1 atom stereocenters. The molecule has 34 heavy (non-hydrogen) atoms. The first-order chi connectivity index (χ1) is 16.1. The number of benzene rings is 2. The van der Waals surface area contributed by atoms with Crippen molar-refractivity contribution in [1.29, 1.82) is 0 Å². The van der Waals surface area contributed by atoms with Crippen LogP contribution in [0.5, 0.6) is 0 Å². The van der Waals surface area contributed by atoms with E-state index < -0.39 is 29.2 Å². The smallest absolute Gasteiger partial charge is 0.280 e. The maximum atomic E-state index is 14.6. The van der Waals surface area contributed by atoms with Gasteiger partial charge in [-0.3, -0.25) is 14.4 Å². The Morgan fingerprint density at radius 2 is 1.82 bits per heavy atom. The summed E-state index contributed by atoms with van der Waals surface area (Å²) in [6.07, 6.45) is -0.237. The van der Waals surface area contributed by atoms with Crippen LogP contribution in [0, 0.1) is 5.82 Å². The van der Waals surface area contributed by atoms with Crippen molar-refractivity contribution >= 4 is 17.5 Å². The number of amides is 2. The maximum absolute atomic E-state index is 14.6. The number of aromatic nitrogens is 1. The average molecular weight is 470 g/mol. The Hall–Kier alpha value is -3.72. The standard InChI is InChI=1S/C25H28FN3O5/c1-25(2,3)19-10-9-17(11-20(19)26)27-24(32)23(16-7-5-15(6-8-16)14-33-4)28-21(30)12-18-13-22(31)29-34-18/h5-11,13,23H,12,14H2,1-4H3,(H,27,32)(H,28,30)(H,29,31)/t23-/m1/s1. The van der Waals surface area contributed by atoms with Crippen LogP contribution in [0.25, 0.3) is 0 Å². The molecule has 0 spiro atoms. The zero-order valence-corrected chi connectivity index (χ0v) is 19.5. The lowest BCUT2D eigenvalue weighted by molar-refractivity contribution is -0.126. The first-order valence-corrected chi connectivity index (χ1v) is 10.7. The fourth-order valence-corrected chi connectivity index (χ4v) is 3.47. The number of carbonyl (C=O) groups is 2. The molecule has 2 aromatic carbocycles. The lowest BCUT2D eigenvalue weighted by atomic mass is 9.86. The fraction of sp³-hybridized carbons (Fsp3) is 0.320. The van der Waals surface area contributed by atoms with Crippen molar-refractivity contribution in [2.75, 3.05) is 12.4 Å². The quantitative estimate of drug-likeness (QED) is 0.467. The summed E-state index contributed by atoms with van der Waals surface area (Å²) in [7, 11) is 1.58. The molecule has 0 unspecified atom stereocenters. The van der Waals surface area contributed by atoms with Crippen molar-refractivity contribution in [2.24, 2.45) is 0 Å². The third-order valence-corrected chi connectivity index (χ3v) is 5.15. The molecule has 0 radical (unpaired) electrons. The molecule has 0 aliphatic heterocycles. The van der Waals surface area contributed by atoms with Crippen LogP contribution in [-0.4, -0.2) is 24.1 Å². The number of H-pyrrole nitrogens is 1. The number of hydrogen-bond donors (Lipinski definition) is 3. The van der Waals surface area contributed by atoms with Gasteiger partial charge in [-0.05, 0) is 34.2 Å². The van der Waals surface area contributed by atoms with Gasteiger partial charge in [0.1, 0.15) is 17.6 Å². The SMILES string of the molecule is COCc1ccc([C@@H](NC(=O)Cc2cc(=O)[nH]o2)C(=O)Nc2ccc(C(C)(C)C)c(F)c2)cc1. The number of methoxy groups -OCH3 is 1. The number of nitrogens with one attached hydrogen (secondary N) is 3. The van der Waals surface area contributed by atoms with Crippen molar-refractivity contribution in [3.8, 4) is 0 Å². The van der Waals surface area contributed by atoms with E-state index >= 15 is 0 Å². The van der Waals surface area contributed by atoms with Crippen LogP contribution in [0.1, 0.15) is 49.3 Å². The predicted molar refractivity (Wildman–Crippen MR) is 125 cm³/mol. The molecule has 2 amide bonds. The zero-order valence-electron chi connectivity index (χ0n) is 19.5. The largest absolute Gasteiger partial charge is 0.383 e. The zero-order chi connectivity index (χ0) is 24.9. The highest BCUT2D eigenvalue weighted by Gasteiger charge is 2.25. The predicted octanol–water partition coefficient (Wildman–Crippen LogP) is 3.59. The molecular formula is C25H28FN3O5. The molecule has 9 heteroatoms. The highest BCUT2D eigenvalue weighted by molar-refractivity contribution is 5.98. The number of anilines is 1. The summed E-state index contributed by atoms with van der Waals surface area (Å²) in [5.74, 6) is -1.38. The fourth-order valence-electron chi connectivity index (χ4n) is 3.47. The molecule has 3 rings (SSSR count). The first-order valence-electron chi connectivity index (χ1n) is 10.7. The van der Waals surface area contributed by atoms with E-state index in [1.54, 1.807) is 43.5 Å². The Morgan fingerprint density at radius 3 is 2.38 bits per heavy atom. The van der Waals surface area contributed by atoms with Gasteiger partial charge in [0.2, 0.25) is 5.91 Å². The molecule has 1 aromatic heterocycles. The molecule has 0 saturated heterocycles. The Bertz CT molecular complexity index is 1210. The third-order valence-electron chi connectivity index (χ3n) is 5.15. The van der Waals surface area contributed by atoms with E-state index in [-0.39, 0.29) is 23.3 Å². The van der Waals surface area contributed by atoms with E-state index in [0.717, 1.165) is 11.6 Å². The van der Waals surface area contributed by atoms with Gasteiger partial charge in [-0.2, -0.15) is 5.16 Å². The van der Waals surface area contributed by atoms with Crippen molar-refractivity contribution in [2.45, 2.75) is 45.3 Å². The molecule has 0 aliphatic carbocycles. The normalized spacial score (nSPS) is 12.3. The third kappa shape index (κ3) is 6.41. The molecule has 3 N–H and O–H groups in total. The van der Waals surface area contributed by atoms with Crippen LogP contribution in [0.3, 0.4) is 0 Å². The monoisotopic (exact) mass is 469 g/mol. The van der Waals surface area contributed by atoms with Gasteiger partial charge in [0.15, 0.2) is 0 Å². The number of halogens is 1. The van der Waals surface area contributed by atoms with Crippen molar-refractivity contribution in [1.82, 2.24) is 10.5 Å². The molecule has 0 saturated carbocycles. The Morgan fingerprint density at radius 1 is 1.12 bits per heavy atom. The molecule has 3 aromatic rings. The summed E-state index contributed by atoms with van der Waals surface area (Å²) in [6.45, 7) is 6.09. The molecule has 0 aliphatic rings. The molecule has 0 bridgehead atoms. The summed E-state index contributed by atoms with van der Waals surface area (Å²) >= 11 is 0. The van der Waals surface area contributed by atoms with Crippen molar-refractivity contribution in [3.63, 3.8) is 0 Å². The minimum Gasteiger partial charge on any atom is -0.383 e. The summed E-state index contributed by atoms with van der Waals surface area (Å²) in [6, 6.07) is 11.6. The van der Waals surface area contributed by atoms with E-state index in [9.17, 15) is 18.8 Å². The molecule has 1 heterocycles. The topological polar surface area (TPSA) is 113 Å². The maximum Gasteiger partial charge on any atom is 0.280 e. The highest BCUT2D eigenvalue weighted by atomic mass is 19.1. The van der Waals surface area contributed by atoms with E-state index in [0.29, 0.717) is 17.7 Å². The van der Waals surface area contributed by atoms with E-state index in [1.807, 2.05) is 20.8 Å². The highest BCUT2D eigenvalue weighted by Crippen LogP contribution is 2.27. The lowest BCUT2D eigenvalue weighted by Crippen LogP contribution is -2.37. The van der Waals surface area contributed by atoms with Gasteiger partial charge in [0, 0.05) is 18.9 Å². The van der Waals surface area contributed by atoms with Gasteiger partial charge in [-0.25, -0.2) is 4.39 Å². The van der Waals surface area contributed by atoms with Gasteiger partial charge in [-0.1, -0.05) is 51.1 Å². The molecule has 180 valence electrons. The van der Waals surface area contributed by atoms with Crippen LogP contribution in [0.4, 0.5) is 10.1 Å². The van der Waals surface area contributed by atoms with Crippen LogP contribution in [0.15, 0.2) is 57.8 Å². The summed E-state index contributed by atoms with van der Waals surface area (Å²) in [5, 5.41) is 7.45. The number of rotatable bonds is 8. The number of carbonyl (C=O) groups excluding carboxylic acids is 2. The van der Waals surface area contributed by atoms with Crippen LogP contribution >= 0.6 is 0 Å². The van der Waals surface area contributed by atoms with Crippen LogP contribution < -0.4 is 16.2 Å². The molecular weight excluding hydrogens is 441 g/mol. The van der Waals surface area contributed by atoms with Crippen molar-refractivity contribution < 1.29 is 23.2 Å². The van der Waals surface area contributed by atoms with Gasteiger partial charge >= 0.3 is 0 Å². The second kappa shape index (κ2) is 10.5. The van der Waals surface area contributed by atoms with Crippen LogP contribution in [0.2, 0.25) is 0 Å². The van der Waals surface area contributed by atoms with E-state index in [4.69, 9.17) is 9.26 Å². The Balaban J connectivity index is 1.83. The minimum atomic E-state index is -1.07. The Kier molecular flexibility index (Phi) is 7.68. The number of ether oxygens (including phenoxy) is 1. The summed E-state index contributed by atoms with van der Waals surface area (Å²) in [5.41, 5.74) is 1.35. The number of hydrogen-bond acceptors (Lipinski definition) is 5. The minimum absolute atomic E-state index is 0.136. The van der Waals surface area contributed by atoms with Crippen LogP contribution in [-0.2, 0) is 32.8 Å². The second-order valence-corrected chi connectivity index (χ2v) is 8.96. The first kappa shape index (κ1) is 24.9. The lowest BCUT2D eigenvalue weighted by Gasteiger charge is -2.22. The Labute approximate surface area is 196 Å². The summed E-state index contributed by atoms with van der Waals surface area (Å²) in [4.78, 5) is 37.0. The van der Waals surface area contributed by atoms with E-state index in [2.05, 4.69) is 15.8 Å². The van der Waals surface area contributed by atoms with Gasteiger partial charge < -0.3 is 19.9 Å². The second-order valence-electron chi connectivity index (χ2n) is 8.96. The molecule has 0 fully saturated rings. The molecule has 8 nitrogen and oxygen atoms in total. The van der Waals surface area contributed by atoms with Gasteiger partial charge in [0.25, 0.3) is 11.5 Å². The van der Waals surface area contributed by atoms with Gasteiger partial charge in [-0.15, -0.1) is 0 Å². The van der Waals surface area contributed by atoms with Gasteiger partial charge in [0.05, 0.1) is 13.0 Å². The van der Waals surface area contributed by atoms with Crippen molar-refractivity contribution in [3.05, 3.63) is 87.2 Å². The van der Waals surface area contributed by atoms with E-state index in [1.165, 1.54) is 6.07 Å². The number of aromatic amines is 1. The average Bonchev–Trinajstić information content (AvgIpc) is 3.16. The summed E-state index contributed by atoms with van der Waals surface area (Å²) < 4.78 is 24.6.